The Bertz CT molecular complexity index is 800. The number of amides is 3. The minimum Gasteiger partial charge on any atom is -0.339 e. The number of urea groups is 1. The maximum absolute atomic E-state index is 12.5. The topological polar surface area (TPSA) is 92.2 Å². The molecular formula is C22H32N6O2. The van der Waals surface area contributed by atoms with Gasteiger partial charge in [-0.15, -0.1) is 0 Å². The zero-order valence-corrected chi connectivity index (χ0v) is 17.9. The van der Waals surface area contributed by atoms with Crippen molar-refractivity contribution in [3.8, 4) is 5.69 Å². The fraction of sp³-hybridized carbons (Fsp3) is 0.545. The fourth-order valence-electron chi connectivity index (χ4n) is 3.79. The molecule has 1 aliphatic carbocycles. The summed E-state index contributed by atoms with van der Waals surface area (Å²) >= 11 is 0. The Morgan fingerprint density at radius 2 is 1.93 bits per heavy atom. The number of nitrogens with zero attached hydrogens (tertiary/aromatic N) is 4. The van der Waals surface area contributed by atoms with Gasteiger partial charge >= 0.3 is 6.03 Å². The van der Waals surface area contributed by atoms with Crippen LogP contribution < -0.4 is 10.6 Å². The third kappa shape index (κ3) is 6.05. The summed E-state index contributed by atoms with van der Waals surface area (Å²) in [5, 5.41) is 10.0. The summed E-state index contributed by atoms with van der Waals surface area (Å²) in [5.74, 6) is 0.0670. The van der Waals surface area contributed by atoms with Crippen LogP contribution in [0.15, 0.2) is 36.9 Å². The molecule has 3 rings (SSSR count). The van der Waals surface area contributed by atoms with Crippen molar-refractivity contribution in [1.29, 1.82) is 0 Å². The van der Waals surface area contributed by atoms with Gasteiger partial charge in [-0.25, -0.2) is 14.5 Å². The molecule has 0 spiro atoms. The molecule has 1 aromatic carbocycles. The van der Waals surface area contributed by atoms with Crippen molar-refractivity contribution >= 4 is 11.9 Å². The molecule has 8 nitrogen and oxygen atoms in total. The lowest BCUT2D eigenvalue weighted by Gasteiger charge is -2.26. The van der Waals surface area contributed by atoms with E-state index in [1.54, 1.807) is 15.9 Å². The Morgan fingerprint density at radius 3 is 2.60 bits per heavy atom. The number of carbonyl (C=O) groups is 2. The molecule has 1 aromatic heterocycles. The van der Waals surface area contributed by atoms with E-state index < -0.39 is 0 Å². The highest BCUT2D eigenvalue weighted by Crippen LogP contribution is 2.21. The fourth-order valence-corrected chi connectivity index (χ4v) is 3.79. The Kier molecular flexibility index (Phi) is 7.82. The van der Waals surface area contributed by atoms with Crippen molar-refractivity contribution in [3.05, 3.63) is 42.5 Å². The Balaban J connectivity index is 1.38. The molecule has 1 unspecified atom stereocenters. The lowest BCUT2D eigenvalue weighted by Crippen LogP contribution is -2.43. The second-order valence-corrected chi connectivity index (χ2v) is 7.95. The van der Waals surface area contributed by atoms with E-state index in [-0.39, 0.29) is 18.0 Å². The van der Waals surface area contributed by atoms with Gasteiger partial charge in [0, 0.05) is 26.1 Å². The molecule has 162 valence electrons. The molecule has 2 aromatic rings. The lowest BCUT2D eigenvalue weighted by molar-refractivity contribution is -0.131. The van der Waals surface area contributed by atoms with E-state index in [9.17, 15) is 9.59 Å². The zero-order chi connectivity index (χ0) is 21.3. The first-order chi connectivity index (χ1) is 14.5. The Hall–Kier alpha value is -2.90. The number of benzene rings is 1. The van der Waals surface area contributed by atoms with Gasteiger partial charge in [0.05, 0.1) is 11.7 Å². The minimum atomic E-state index is -0.122. The maximum atomic E-state index is 12.5. The summed E-state index contributed by atoms with van der Waals surface area (Å²) < 4.78 is 1.70. The van der Waals surface area contributed by atoms with Gasteiger partial charge in [0.25, 0.3) is 0 Å². The second kappa shape index (κ2) is 10.8. The minimum absolute atomic E-state index is 0.0372. The van der Waals surface area contributed by atoms with Crippen LogP contribution in [-0.2, 0) is 4.79 Å². The van der Waals surface area contributed by atoms with Gasteiger partial charge in [0.1, 0.15) is 12.7 Å². The first kappa shape index (κ1) is 21.8. The van der Waals surface area contributed by atoms with Crippen molar-refractivity contribution in [2.45, 2.75) is 64.0 Å². The quantitative estimate of drug-likeness (QED) is 0.651. The van der Waals surface area contributed by atoms with Crippen LogP contribution in [0, 0.1) is 0 Å². The van der Waals surface area contributed by atoms with Gasteiger partial charge in [-0.3, -0.25) is 4.79 Å². The lowest BCUT2D eigenvalue weighted by atomic mass is 9.96. The number of hydrogen-bond acceptors (Lipinski definition) is 4. The highest BCUT2D eigenvalue weighted by Gasteiger charge is 2.18. The van der Waals surface area contributed by atoms with E-state index in [2.05, 4.69) is 20.7 Å². The summed E-state index contributed by atoms with van der Waals surface area (Å²) in [6.07, 6.45) is 9.94. The van der Waals surface area contributed by atoms with E-state index in [0.29, 0.717) is 25.4 Å². The van der Waals surface area contributed by atoms with Gasteiger partial charge < -0.3 is 15.5 Å². The zero-order valence-electron chi connectivity index (χ0n) is 17.9. The molecule has 30 heavy (non-hydrogen) atoms. The largest absolute Gasteiger partial charge is 0.339 e. The number of carbonyl (C=O) groups excluding carboxylic acids is 2. The van der Waals surface area contributed by atoms with Gasteiger partial charge in [-0.2, -0.15) is 5.10 Å². The molecule has 0 aliphatic heterocycles. The van der Waals surface area contributed by atoms with Crippen LogP contribution in [0.2, 0.25) is 0 Å². The molecule has 0 saturated heterocycles. The van der Waals surface area contributed by atoms with Crippen LogP contribution in [-0.4, -0.2) is 51.2 Å². The molecule has 1 saturated carbocycles. The first-order valence-corrected chi connectivity index (χ1v) is 10.8. The summed E-state index contributed by atoms with van der Waals surface area (Å²) in [6, 6.07) is 8.07. The van der Waals surface area contributed by atoms with Gasteiger partial charge in [-0.05, 0) is 43.9 Å². The number of hydrogen-bond donors (Lipinski definition) is 2. The number of aromatic nitrogens is 3. The van der Waals surface area contributed by atoms with Crippen molar-refractivity contribution in [2.24, 2.45) is 0 Å². The van der Waals surface area contributed by atoms with Gasteiger partial charge in [0.2, 0.25) is 5.91 Å². The first-order valence-electron chi connectivity index (χ1n) is 10.8. The van der Waals surface area contributed by atoms with Crippen LogP contribution in [0.4, 0.5) is 4.79 Å². The van der Waals surface area contributed by atoms with E-state index in [0.717, 1.165) is 24.1 Å². The predicted octanol–water partition coefficient (Wildman–Crippen LogP) is 3.20. The second-order valence-electron chi connectivity index (χ2n) is 7.95. The average molecular weight is 413 g/mol. The normalized spacial score (nSPS) is 15.4. The average Bonchev–Trinajstić information content (AvgIpc) is 3.31. The molecule has 1 heterocycles. The molecule has 0 bridgehead atoms. The third-order valence-electron chi connectivity index (χ3n) is 5.83. The van der Waals surface area contributed by atoms with Crippen LogP contribution >= 0.6 is 0 Å². The van der Waals surface area contributed by atoms with Crippen molar-refractivity contribution in [2.75, 3.05) is 13.6 Å². The van der Waals surface area contributed by atoms with Gasteiger partial charge in [-0.1, -0.05) is 31.4 Å². The molecule has 1 fully saturated rings. The Labute approximate surface area is 178 Å². The van der Waals surface area contributed by atoms with Crippen LogP contribution in [0.5, 0.6) is 0 Å². The van der Waals surface area contributed by atoms with Crippen molar-refractivity contribution in [1.82, 2.24) is 30.3 Å². The molecule has 1 aliphatic rings. The molecule has 3 amide bonds. The Morgan fingerprint density at radius 1 is 1.20 bits per heavy atom. The number of nitrogens with one attached hydrogen (secondary N) is 2. The molecule has 8 heteroatoms. The van der Waals surface area contributed by atoms with E-state index >= 15 is 0 Å². The summed E-state index contributed by atoms with van der Waals surface area (Å²) in [6.45, 7) is 2.51. The smallest absolute Gasteiger partial charge is 0.315 e. The summed E-state index contributed by atoms with van der Waals surface area (Å²) in [4.78, 5) is 30.2. The SMILES string of the molecule is CC(c1ccc(-n2cncn2)cc1)N(C)C(=O)CCCNC(=O)NC1CCCCC1. The molecular weight excluding hydrogens is 380 g/mol. The molecule has 2 N–H and O–H groups in total. The standard InChI is InChI=1S/C22H32N6O2/c1-17(18-10-12-20(13-11-18)28-16-23-15-25-28)27(2)21(29)9-6-14-24-22(30)26-19-7-4-3-5-8-19/h10-13,15-17,19H,3-9,14H2,1-2H3,(H2,24,26,30). The maximum Gasteiger partial charge on any atom is 0.315 e. The van der Waals surface area contributed by atoms with Crippen molar-refractivity contribution in [3.63, 3.8) is 0 Å². The monoisotopic (exact) mass is 412 g/mol. The summed E-state index contributed by atoms with van der Waals surface area (Å²) in [7, 11) is 1.82. The van der Waals surface area contributed by atoms with E-state index in [1.807, 2.05) is 38.2 Å². The van der Waals surface area contributed by atoms with E-state index in [4.69, 9.17) is 0 Å². The van der Waals surface area contributed by atoms with Crippen LogP contribution in [0.1, 0.15) is 63.5 Å². The molecule has 0 radical (unpaired) electrons. The molecule has 1 atom stereocenters. The number of rotatable bonds is 8. The highest BCUT2D eigenvalue weighted by molar-refractivity contribution is 5.77. The van der Waals surface area contributed by atoms with E-state index in [1.165, 1.54) is 25.6 Å². The predicted molar refractivity (Wildman–Crippen MR) is 115 cm³/mol. The van der Waals surface area contributed by atoms with Crippen LogP contribution in [0.25, 0.3) is 5.69 Å². The van der Waals surface area contributed by atoms with Crippen LogP contribution in [0.3, 0.4) is 0 Å². The van der Waals surface area contributed by atoms with Gasteiger partial charge in [0.15, 0.2) is 0 Å². The third-order valence-corrected chi connectivity index (χ3v) is 5.83. The summed E-state index contributed by atoms with van der Waals surface area (Å²) in [5.41, 5.74) is 1.98. The highest BCUT2D eigenvalue weighted by atomic mass is 16.2. The van der Waals surface area contributed by atoms with Crippen molar-refractivity contribution < 1.29 is 9.59 Å².